The normalized spacial score (nSPS) is 11.3. The van der Waals surface area contributed by atoms with E-state index in [2.05, 4.69) is 18.0 Å². The van der Waals surface area contributed by atoms with Gasteiger partial charge in [-0.05, 0) is 48.7 Å². The van der Waals surface area contributed by atoms with Crippen LogP contribution in [0, 0.1) is 6.92 Å². The molecule has 6 nitrogen and oxygen atoms in total. The highest BCUT2D eigenvalue weighted by Crippen LogP contribution is 2.45. The number of hydrogen-bond acceptors (Lipinski definition) is 6. The number of carbonyl (C=O) groups is 1. The van der Waals surface area contributed by atoms with E-state index in [1.54, 1.807) is 19.1 Å². The van der Waals surface area contributed by atoms with E-state index in [4.69, 9.17) is 4.42 Å². The molecular weight excluding hydrogens is 424 g/mol. The average molecular weight is 445 g/mol. The van der Waals surface area contributed by atoms with Gasteiger partial charge < -0.3 is 14.6 Å². The smallest absolute Gasteiger partial charge is 0.242 e. The van der Waals surface area contributed by atoms with Gasteiger partial charge in [0, 0.05) is 0 Å². The largest absolute Gasteiger partial charge is 0.503 e. The summed E-state index contributed by atoms with van der Waals surface area (Å²) < 4.78 is 7.90. The number of carbonyl (C=O) groups excluding carboxylic acids is 1. The fraction of sp³-hybridized carbons (Fsp3) is 0.120. The van der Waals surface area contributed by atoms with Crippen molar-refractivity contribution < 1.29 is 19.4 Å². The molecule has 0 radical (unpaired) electrons. The van der Waals surface area contributed by atoms with Crippen LogP contribution in [0.3, 0.4) is 0 Å². The van der Waals surface area contributed by atoms with Crippen LogP contribution in [0.15, 0.2) is 65.1 Å². The van der Waals surface area contributed by atoms with Crippen LogP contribution in [0.1, 0.15) is 34.4 Å². The van der Waals surface area contributed by atoms with Crippen LogP contribution in [0.5, 0.6) is 11.6 Å². The molecule has 3 heterocycles. The molecule has 0 aliphatic heterocycles. The molecule has 0 fully saturated rings. The van der Waals surface area contributed by atoms with Crippen molar-refractivity contribution >= 4 is 27.3 Å². The van der Waals surface area contributed by atoms with E-state index in [-0.39, 0.29) is 11.3 Å². The highest BCUT2D eigenvalue weighted by Gasteiger charge is 2.32. The summed E-state index contributed by atoms with van der Waals surface area (Å²) in [5.41, 5.74) is 2.94. The third-order valence-electron chi connectivity index (χ3n) is 5.40. The van der Waals surface area contributed by atoms with Crippen molar-refractivity contribution in [3.8, 4) is 28.0 Å². The molecule has 2 aromatic carbocycles. The summed E-state index contributed by atoms with van der Waals surface area (Å²) in [6, 6.07) is 18.4. The van der Waals surface area contributed by atoms with E-state index in [0.29, 0.717) is 22.1 Å². The van der Waals surface area contributed by atoms with Crippen LogP contribution in [0.2, 0.25) is 0 Å². The summed E-state index contributed by atoms with van der Waals surface area (Å²) in [6.07, 6.45) is 0.898. The average Bonchev–Trinajstić information content (AvgIpc) is 3.49. The Morgan fingerprint density at radius 3 is 2.56 bits per heavy atom. The molecule has 0 atom stereocenters. The molecule has 0 aliphatic rings. The van der Waals surface area contributed by atoms with Crippen molar-refractivity contribution in [2.75, 3.05) is 0 Å². The van der Waals surface area contributed by atoms with Gasteiger partial charge in [-0.15, -0.1) is 0 Å². The maximum absolute atomic E-state index is 13.3. The zero-order valence-corrected chi connectivity index (χ0v) is 18.3. The molecule has 0 bridgehead atoms. The lowest BCUT2D eigenvalue weighted by Gasteiger charge is -2.08. The van der Waals surface area contributed by atoms with Gasteiger partial charge in [0.15, 0.2) is 16.6 Å². The molecule has 0 unspecified atom stereocenters. The van der Waals surface area contributed by atoms with Crippen LogP contribution in [-0.4, -0.2) is 25.5 Å². The highest BCUT2D eigenvalue weighted by molar-refractivity contribution is 7.20. The molecule has 2 N–H and O–H groups in total. The lowest BCUT2D eigenvalue weighted by atomic mass is 10.0. The fourth-order valence-corrected chi connectivity index (χ4v) is 4.81. The molecule has 5 aromatic rings. The van der Waals surface area contributed by atoms with Crippen LogP contribution in [0.4, 0.5) is 0 Å². The first-order valence-electron chi connectivity index (χ1n) is 10.2. The summed E-state index contributed by atoms with van der Waals surface area (Å²) in [4.78, 5) is 18.0. The number of aryl methyl sites for hydroxylation is 2. The SMILES string of the molecule is CCc1ccc2nc(-n3c(O)c(O)c(C(=O)c4ccc(C)o4)c3-c3ccccc3)sc2c1. The van der Waals surface area contributed by atoms with Gasteiger partial charge >= 0.3 is 0 Å². The van der Waals surface area contributed by atoms with Gasteiger partial charge in [0.25, 0.3) is 0 Å². The van der Waals surface area contributed by atoms with Crippen LogP contribution < -0.4 is 0 Å². The van der Waals surface area contributed by atoms with Gasteiger partial charge in [-0.25, -0.2) is 4.98 Å². The number of aromatic nitrogens is 2. The molecule has 0 spiro atoms. The third kappa shape index (κ3) is 3.18. The Kier molecular flexibility index (Phi) is 4.83. The summed E-state index contributed by atoms with van der Waals surface area (Å²) in [5.74, 6) is -0.792. The van der Waals surface area contributed by atoms with Crippen LogP contribution in [-0.2, 0) is 6.42 Å². The number of aromatic hydroxyl groups is 2. The Morgan fingerprint density at radius 2 is 1.88 bits per heavy atom. The lowest BCUT2D eigenvalue weighted by molar-refractivity contribution is 0.101. The Morgan fingerprint density at radius 1 is 1.09 bits per heavy atom. The second-order valence-corrected chi connectivity index (χ2v) is 8.50. The molecule has 0 saturated carbocycles. The topological polar surface area (TPSA) is 88.5 Å². The van der Waals surface area contributed by atoms with E-state index >= 15 is 0 Å². The molecule has 7 heteroatoms. The lowest BCUT2D eigenvalue weighted by Crippen LogP contribution is -2.04. The van der Waals surface area contributed by atoms with E-state index < -0.39 is 17.4 Å². The fourth-order valence-electron chi connectivity index (χ4n) is 3.77. The molecule has 32 heavy (non-hydrogen) atoms. The Bertz CT molecular complexity index is 1460. The second kappa shape index (κ2) is 7.69. The van der Waals surface area contributed by atoms with Crippen molar-refractivity contribution in [1.82, 2.24) is 9.55 Å². The Hall–Kier alpha value is -3.84. The van der Waals surface area contributed by atoms with Crippen molar-refractivity contribution in [1.29, 1.82) is 0 Å². The van der Waals surface area contributed by atoms with Crippen molar-refractivity contribution in [3.63, 3.8) is 0 Å². The summed E-state index contributed by atoms with van der Waals surface area (Å²) in [7, 11) is 0. The number of furan rings is 1. The summed E-state index contributed by atoms with van der Waals surface area (Å²) in [5, 5.41) is 22.3. The minimum absolute atomic E-state index is 0.0310. The minimum atomic E-state index is -0.516. The summed E-state index contributed by atoms with van der Waals surface area (Å²) in [6.45, 7) is 3.82. The summed E-state index contributed by atoms with van der Waals surface area (Å²) >= 11 is 1.38. The first kappa shape index (κ1) is 20.1. The number of nitrogens with zero attached hydrogens (tertiary/aromatic N) is 2. The minimum Gasteiger partial charge on any atom is -0.503 e. The first-order chi connectivity index (χ1) is 15.5. The number of fused-ring (bicyclic) bond motifs is 1. The molecule has 0 amide bonds. The maximum Gasteiger partial charge on any atom is 0.242 e. The van der Waals surface area contributed by atoms with E-state index in [0.717, 1.165) is 16.6 Å². The number of hydrogen-bond donors (Lipinski definition) is 2. The zero-order valence-electron chi connectivity index (χ0n) is 17.5. The van der Waals surface area contributed by atoms with Crippen LogP contribution >= 0.6 is 11.3 Å². The second-order valence-electron chi connectivity index (χ2n) is 7.49. The van der Waals surface area contributed by atoms with Crippen LogP contribution in [0.25, 0.3) is 26.6 Å². The van der Waals surface area contributed by atoms with E-state index in [9.17, 15) is 15.0 Å². The zero-order chi connectivity index (χ0) is 22.4. The Labute approximate surface area is 188 Å². The molecule has 3 aromatic heterocycles. The quantitative estimate of drug-likeness (QED) is 0.332. The predicted molar refractivity (Wildman–Crippen MR) is 124 cm³/mol. The van der Waals surface area contributed by atoms with Gasteiger partial charge in [-0.3, -0.25) is 9.36 Å². The highest BCUT2D eigenvalue weighted by atomic mass is 32.1. The molecular formula is C25H20N2O4S. The van der Waals surface area contributed by atoms with Gasteiger partial charge in [0.2, 0.25) is 11.7 Å². The van der Waals surface area contributed by atoms with Crippen molar-refractivity contribution in [2.24, 2.45) is 0 Å². The Balaban J connectivity index is 1.79. The van der Waals surface area contributed by atoms with Crippen molar-refractivity contribution in [3.05, 3.63) is 83.3 Å². The number of benzene rings is 2. The molecule has 5 rings (SSSR count). The predicted octanol–water partition coefficient (Wildman–Crippen LogP) is 5.86. The number of rotatable bonds is 5. The molecule has 0 saturated heterocycles. The third-order valence-corrected chi connectivity index (χ3v) is 6.40. The first-order valence-corrected chi connectivity index (χ1v) is 11.0. The van der Waals surface area contributed by atoms with Gasteiger partial charge in [-0.1, -0.05) is 54.7 Å². The molecule has 0 aliphatic carbocycles. The monoisotopic (exact) mass is 444 g/mol. The number of ketones is 1. The van der Waals surface area contributed by atoms with Gasteiger partial charge in [-0.2, -0.15) is 0 Å². The van der Waals surface area contributed by atoms with Gasteiger partial charge in [0.1, 0.15) is 5.76 Å². The molecule has 160 valence electrons. The van der Waals surface area contributed by atoms with E-state index in [1.807, 2.05) is 42.5 Å². The standard InChI is InChI=1S/C25H20N2O4S/c1-3-15-10-11-17-19(13-15)32-25(26-17)27-21(16-7-5-4-6-8-16)20(23(29)24(27)30)22(28)18-12-9-14(2)31-18/h4-13,29-30H,3H2,1-2H3. The van der Waals surface area contributed by atoms with E-state index in [1.165, 1.54) is 21.5 Å². The maximum atomic E-state index is 13.3. The van der Waals surface area contributed by atoms with Gasteiger partial charge in [0.05, 0.1) is 21.5 Å². The number of thiazole rings is 1. The van der Waals surface area contributed by atoms with Crippen molar-refractivity contribution in [2.45, 2.75) is 20.3 Å².